The van der Waals surface area contributed by atoms with E-state index in [-0.39, 0.29) is 34.7 Å². The number of fused-ring (bicyclic) bond motifs is 1. The molecule has 3 heterocycles. The molecule has 1 atom stereocenters. The van der Waals surface area contributed by atoms with Crippen LogP contribution < -0.4 is 15.6 Å². The first-order valence-electron chi connectivity index (χ1n) is 6.44. The van der Waals surface area contributed by atoms with Gasteiger partial charge in [-0.15, -0.1) is 0 Å². The van der Waals surface area contributed by atoms with E-state index in [1.807, 2.05) is 0 Å². The summed E-state index contributed by atoms with van der Waals surface area (Å²) < 4.78 is 24.8. The molecule has 0 aromatic carbocycles. The molecule has 0 spiro atoms. The Kier molecular flexibility index (Phi) is 4.44. The van der Waals surface area contributed by atoms with E-state index in [0.29, 0.717) is 19.8 Å². The molecule has 2 N–H and O–H groups in total. The molecule has 0 saturated carbocycles. The smallest absolute Gasteiger partial charge is 0.265 e. The summed E-state index contributed by atoms with van der Waals surface area (Å²) >= 11 is 11.4. The van der Waals surface area contributed by atoms with Gasteiger partial charge in [0.05, 0.1) is 19.3 Å². The fourth-order valence-corrected chi connectivity index (χ4v) is 2.44. The van der Waals surface area contributed by atoms with Gasteiger partial charge in [0, 0.05) is 6.54 Å². The van der Waals surface area contributed by atoms with E-state index in [2.05, 4.69) is 20.3 Å². The molecule has 1 aliphatic rings. The van der Waals surface area contributed by atoms with Gasteiger partial charge in [-0.05, 0) is 11.6 Å². The van der Waals surface area contributed by atoms with E-state index in [0.717, 1.165) is 0 Å². The summed E-state index contributed by atoms with van der Waals surface area (Å²) in [5, 5.41) is 2.36. The minimum Gasteiger partial charge on any atom is -0.475 e. The Morgan fingerprint density at radius 1 is 1.41 bits per heavy atom. The minimum absolute atomic E-state index is 0.0613. The Balaban J connectivity index is 1.98. The van der Waals surface area contributed by atoms with Crippen LogP contribution in [0.3, 0.4) is 0 Å². The van der Waals surface area contributed by atoms with Gasteiger partial charge in [-0.2, -0.15) is 4.98 Å². The van der Waals surface area contributed by atoms with Gasteiger partial charge in [0.2, 0.25) is 11.2 Å². The van der Waals surface area contributed by atoms with Crippen molar-refractivity contribution in [3.05, 3.63) is 26.6 Å². The van der Waals surface area contributed by atoms with E-state index in [1.165, 1.54) is 0 Å². The third kappa shape index (κ3) is 3.00. The van der Waals surface area contributed by atoms with Crippen molar-refractivity contribution in [3.8, 4) is 5.88 Å². The monoisotopic (exact) mass is 348 g/mol. The first-order valence-corrected chi connectivity index (χ1v) is 7.20. The van der Waals surface area contributed by atoms with Crippen molar-refractivity contribution in [3.63, 3.8) is 0 Å². The second kappa shape index (κ2) is 6.33. The molecule has 22 heavy (non-hydrogen) atoms. The predicted molar refractivity (Wildman–Crippen MR) is 78.2 cm³/mol. The molecule has 1 saturated heterocycles. The van der Waals surface area contributed by atoms with E-state index >= 15 is 0 Å². The lowest BCUT2D eigenvalue weighted by Gasteiger charge is -2.23. The summed E-state index contributed by atoms with van der Waals surface area (Å²) in [6, 6.07) is -0.0613. The molecule has 2 aromatic rings. The number of halogens is 3. The van der Waals surface area contributed by atoms with Gasteiger partial charge in [0.25, 0.3) is 5.56 Å². The highest BCUT2D eigenvalue weighted by molar-refractivity contribution is 6.30. The molecular formula is C12H11Cl2FN4O3. The number of morpholine rings is 1. The fraction of sp³-hybridized carbons (Fsp3) is 0.417. The second-order valence-corrected chi connectivity index (χ2v) is 5.36. The maximum absolute atomic E-state index is 14.0. The lowest BCUT2D eigenvalue weighted by Crippen LogP contribution is -2.44. The van der Waals surface area contributed by atoms with Crippen molar-refractivity contribution in [2.24, 2.45) is 0 Å². The molecule has 1 unspecified atom stereocenters. The third-order valence-electron chi connectivity index (χ3n) is 3.11. The molecule has 2 aromatic heterocycles. The fourth-order valence-electron chi connectivity index (χ4n) is 2.11. The molecule has 7 nitrogen and oxygen atoms in total. The largest absolute Gasteiger partial charge is 0.475 e. The molecule has 118 valence electrons. The summed E-state index contributed by atoms with van der Waals surface area (Å²) in [7, 11) is 0. The highest BCUT2D eigenvalue weighted by atomic mass is 35.5. The SMILES string of the molecule is O=c1[nH]c(Cl)nc2c(F)c(Cl)nc(OCC3COCCN3)c12. The Hall–Kier alpha value is -1.48. The van der Waals surface area contributed by atoms with Crippen LogP contribution in [0.1, 0.15) is 0 Å². The number of nitrogens with one attached hydrogen (secondary N) is 2. The van der Waals surface area contributed by atoms with E-state index in [1.54, 1.807) is 0 Å². The van der Waals surface area contributed by atoms with Gasteiger partial charge >= 0.3 is 0 Å². The zero-order valence-corrected chi connectivity index (χ0v) is 12.7. The lowest BCUT2D eigenvalue weighted by molar-refractivity contribution is 0.0588. The first-order chi connectivity index (χ1) is 10.6. The molecule has 0 amide bonds. The van der Waals surface area contributed by atoms with Gasteiger partial charge in [-0.3, -0.25) is 9.78 Å². The maximum Gasteiger partial charge on any atom is 0.265 e. The molecule has 1 aliphatic heterocycles. The highest BCUT2D eigenvalue weighted by Gasteiger charge is 2.21. The maximum atomic E-state index is 14.0. The van der Waals surface area contributed by atoms with Crippen LogP contribution in [0.2, 0.25) is 10.4 Å². The number of nitrogens with zero attached hydrogens (tertiary/aromatic N) is 2. The van der Waals surface area contributed by atoms with Crippen molar-refractivity contribution in [1.29, 1.82) is 0 Å². The average molecular weight is 349 g/mol. The van der Waals surface area contributed by atoms with Gasteiger partial charge in [-0.25, -0.2) is 9.37 Å². The third-order valence-corrected chi connectivity index (χ3v) is 3.54. The molecule has 0 bridgehead atoms. The van der Waals surface area contributed by atoms with Crippen LogP contribution in [0.4, 0.5) is 4.39 Å². The summed E-state index contributed by atoms with van der Waals surface area (Å²) in [4.78, 5) is 21.8. The Morgan fingerprint density at radius 2 is 2.23 bits per heavy atom. The number of ether oxygens (including phenoxy) is 2. The standard InChI is InChI=1S/C12H11Cl2FN4O3/c13-9-7(15)8-6(10(20)19-12(14)17-8)11(18-9)22-4-5-3-21-2-1-16-5/h5,16H,1-4H2,(H,17,19,20). The normalized spacial score (nSPS) is 18.6. The Bertz CT molecular complexity index is 764. The van der Waals surface area contributed by atoms with Crippen LogP contribution in [-0.2, 0) is 4.74 Å². The van der Waals surface area contributed by atoms with Crippen LogP contribution in [0.25, 0.3) is 10.9 Å². The van der Waals surface area contributed by atoms with E-state index in [4.69, 9.17) is 32.7 Å². The number of aromatic nitrogens is 3. The summed E-state index contributed by atoms with van der Waals surface area (Å²) in [5.74, 6) is -1.02. The zero-order valence-electron chi connectivity index (χ0n) is 11.2. The molecule has 1 fully saturated rings. The van der Waals surface area contributed by atoms with E-state index in [9.17, 15) is 9.18 Å². The van der Waals surface area contributed by atoms with Crippen LogP contribution in [0.5, 0.6) is 5.88 Å². The van der Waals surface area contributed by atoms with Crippen LogP contribution in [0, 0.1) is 5.82 Å². The first kappa shape index (κ1) is 15.4. The van der Waals surface area contributed by atoms with Crippen LogP contribution in [-0.4, -0.2) is 47.4 Å². The molecule has 10 heteroatoms. The van der Waals surface area contributed by atoms with Crippen molar-refractivity contribution in [2.75, 3.05) is 26.4 Å². The van der Waals surface area contributed by atoms with Crippen molar-refractivity contribution < 1.29 is 13.9 Å². The second-order valence-electron chi connectivity index (χ2n) is 4.64. The van der Waals surface area contributed by atoms with Crippen LogP contribution in [0.15, 0.2) is 4.79 Å². The van der Waals surface area contributed by atoms with Gasteiger partial charge in [0.15, 0.2) is 11.0 Å². The summed E-state index contributed by atoms with van der Waals surface area (Å²) in [6.07, 6.45) is 0. The topological polar surface area (TPSA) is 89.1 Å². The van der Waals surface area contributed by atoms with E-state index < -0.39 is 16.5 Å². The molecule has 0 aliphatic carbocycles. The summed E-state index contributed by atoms with van der Waals surface area (Å²) in [6.45, 7) is 1.98. The van der Waals surface area contributed by atoms with Gasteiger partial charge < -0.3 is 14.8 Å². The van der Waals surface area contributed by atoms with Crippen molar-refractivity contribution in [1.82, 2.24) is 20.3 Å². The number of rotatable bonds is 3. The lowest BCUT2D eigenvalue weighted by atomic mass is 10.3. The number of H-pyrrole nitrogens is 1. The quantitative estimate of drug-likeness (QED) is 0.638. The van der Waals surface area contributed by atoms with Gasteiger partial charge in [0.1, 0.15) is 17.5 Å². The van der Waals surface area contributed by atoms with Crippen molar-refractivity contribution in [2.45, 2.75) is 6.04 Å². The number of aromatic amines is 1. The zero-order chi connectivity index (χ0) is 15.7. The van der Waals surface area contributed by atoms with Crippen molar-refractivity contribution >= 4 is 34.1 Å². The molecule has 0 radical (unpaired) electrons. The number of hydrogen-bond acceptors (Lipinski definition) is 6. The predicted octanol–water partition coefficient (Wildman–Crippen LogP) is 1.13. The number of pyridine rings is 1. The van der Waals surface area contributed by atoms with Crippen LogP contribution >= 0.6 is 23.2 Å². The highest BCUT2D eigenvalue weighted by Crippen LogP contribution is 2.27. The number of hydrogen-bond donors (Lipinski definition) is 2. The summed E-state index contributed by atoms with van der Waals surface area (Å²) in [5.41, 5.74) is -0.933. The minimum atomic E-state index is -0.920. The molecular weight excluding hydrogens is 338 g/mol. The van der Waals surface area contributed by atoms with Gasteiger partial charge in [-0.1, -0.05) is 11.6 Å². The Morgan fingerprint density at radius 3 is 2.95 bits per heavy atom. The average Bonchev–Trinajstić information content (AvgIpc) is 2.50. The Labute approximate surface area is 133 Å². The molecule has 3 rings (SSSR count).